The van der Waals surface area contributed by atoms with Crippen LogP contribution in [0.15, 0.2) is 66.7 Å². The van der Waals surface area contributed by atoms with Crippen LogP contribution in [0.25, 0.3) is 0 Å². The van der Waals surface area contributed by atoms with Crippen LogP contribution in [-0.2, 0) is 11.3 Å². The lowest BCUT2D eigenvalue weighted by Gasteiger charge is -2.38. The molecule has 0 aliphatic carbocycles. The van der Waals surface area contributed by atoms with Crippen LogP contribution in [0.2, 0.25) is 0 Å². The number of carbonyl (C=O) groups is 1. The van der Waals surface area contributed by atoms with Crippen LogP contribution in [0.3, 0.4) is 0 Å². The molecular formula is C25H25FN2O3. The number of nitrogens with zero attached hydrogens (tertiary/aromatic N) is 1. The van der Waals surface area contributed by atoms with Gasteiger partial charge in [0.15, 0.2) is 0 Å². The second kappa shape index (κ2) is 9.08. The number of rotatable bonds is 6. The standard InChI is InChI=1S/C25H25FN2O3/c1-17-3-12-23-24(13-17)31-16-21(28(23)15-18-4-6-19(26)7-5-18)14-25(29)27-20-8-10-22(30-2)11-9-20/h3-13,21H,14-16H2,1-2H3,(H,27,29). The normalized spacial score (nSPS) is 15.1. The molecule has 0 fully saturated rings. The molecule has 160 valence electrons. The molecule has 1 heterocycles. The Bertz CT molecular complexity index is 1050. The first kappa shape index (κ1) is 20.7. The first-order valence-electron chi connectivity index (χ1n) is 10.2. The van der Waals surface area contributed by atoms with Crippen molar-refractivity contribution in [1.82, 2.24) is 0 Å². The average Bonchev–Trinajstić information content (AvgIpc) is 2.77. The minimum absolute atomic E-state index is 0.0987. The second-order valence-electron chi connectivity index (χ2n) is 7.67. The van der Waals surface area contributed by atoms with E-state index in [1.54, 1.807) is 31.4 Å². The predicted molar refractivity (Wildman–Crippen MR) is 119 cm³/mol. The molecule has 31 heavy (non-hydrogen) atoms. The number of halogens is 1. The van der Waals surface area contributed by atoms with Gasteiger partial charge in [-0.1, -0.05) is 18.2 Å². The first-order valence-corrected chi connectivity index (χ1v) is 10.2. The number of hydrogen-bond donors (Lipinski definition) is 1. The summed E-state index contributed by atoms with van der Waals surface area (Å²) < 4.78 is 24.5. The molecule has 1 aliphatic rings. The van der Waals surface area contributed by atoms with Gasteiger partial charge in [0.2, 0.25) is 5.91 Å². The molecular weight excluding hydrogens is 395 g/mol. The minimum atomic E-state index is -0.267. The van der Waals surface area contributed by atoms with Gasteiger partial charge >= 0.3 is 0 Å². The third kappa shape index (κ3) is 4.97. The minimum Gasteiger partial charge on any atom is -0.497 e. The summed E-state index contributed by atoms with van der Waals surface area (Å²) in [5, 5.41) is 2.94. The summed E-state index contributed by atoms with van der Waals surface area (Å²) in [6, 6.07) is 19.6. The highest BCUT2D eigenvalue weighted by Crippen LogP contribution is 2.36. The van der Waals surface area contributed by atoms with Crippen LogP contribution in [0.5, 0.6) is 11.5 Å². The molecule has 1 atom stereocenters. The van der Waals surface area contributed by atoms with Crippen LogP contribution in [0, 0.1) is 12.7 Å². The van der Waals surface area contributed by atoms with Crippen LogP contribution < -0.4 is 19.7 Å². The molecule has 3 aromatic carbocycles. The summed E-state index contributed by atoms with van der Waals surface area (Å²) in [4.78, 5) is 14.9. The third-order valence-corrected chi connectivity index (χ3v) is 5.36. The number of aryl methyl sites for hydroxylation is 1. The Hall–Kier alpha value is -3.54. The van der Waals surface area contributed by atoms with E-state index >= 15 is 0 Å². The number of hydrogen-bond acceptors (Lipinski definition) is 4. The fourth-order valence-electron chi connectivity index (χ4n) is 3.72. The van der Waals surface area contributed by atoms with Crippen molar-refractivity contribution in [3.63, 3.8) is 0 Å². The van der Waals surface area contributed by atoms with Gasteiger partial charge in [0.05, 0.1) is 25.3 Å². The number of nitrogens with one attached hydrogen (secondary N) is 1. The smallest absolute Gasteiger partial charge is 0.226 e. The van der Waals surface area contributed by atoms with E-state index in [-0.39, 0.29) is 24.2 Å². The van der Waals surface area contributed by atoms with E-state index in [9.17, 15) is 9.18 Å². The Morgan fingerprint density at radius 2 is 1.87 bits per heavy atom. The molecule has 6 heteroatoms. The van der Waals surface area contributed by atoms with Crippen molar-refractivity contribution in [2.45, 2.75) is 25.9 Å². The van der Waals surface area contributed by atoms with E-state index in [1.807, 2.05) is 37.3 Å². The second-order valence-corrected chi connectivity index (χ2v) is 7.67. The fraction of sp³-hybridized carbons (Fsp3) is 0.240. The number of carbonyl (C=O) groups excluding carboxylic acids is 1. The zero-order chi connectivity index (χ0) is 21.8. The lowest BCUT2D eigenvalue weighted by Crippen LogP contribution is -2.44. The Kier molecular flexibility index (Phi) is 6.07. The molecule has 1 N–H and O–H groups in total. The van der Waals surface area contributed by atoms with E-state index < -0.39 is 0 Å². The molecule has 0 aromatic heterocycles. The molecule has 0 saturated carbocycles. The van der Waals surface area contributed by atoms with E-state index in [0.717, 1.165) is 28.3 Å². The van der Waals surface area contributed by atoms with Gasteiger partial charge in [0, 0.05) is 12.2 Å². The molecule has 1 unspecified atom stereocenters. The molecule has 1 amide bonds. The predicted octanol–water partition coefficient (Wildman–Crippen LogP) is 4.94. The maximum absolute atomic E-state index is 13.4. The SMILES string of the molecule is COc1ccc(NC(=O)CC2COc3cc(C)ccc3N2Cc2ccc(F)cc2)cc1. The quantitative estimate of drug-likeness (QED) is 0.614. The van der Waals surface area contributed by atoms with E-state index in [0.29, 0.717) is 18.8 Å². The summed E-state index contributed by atoms with van der Waals surface area (Å²) >= 11 is 0. The molecule has 0 radical (unpaired) electrons. The highest BCUT2D eigenvalue weighted by molar-refractivity contribution is 5.91. The lowest BCUT2D eigenvalue weighted by atomic mass is 10.0. The summed E-state index contributed by atoms with van der Waals surface area (Å²) in [6.07, 6.45) is 0.264. The van der Waals surface area contributed by atoms with Crippen molar-refractivity contribution in [3.05, 3.63) is 83.7 Å². The zero-order valence-corrected chi connectivity index (χ0v) is 17.6. The zero-order valence-electron chi connectivity index (χ0n) is 17.6. The van der Waals surface area contributed by atoms with Crippen molar-refractivity contribution in [2.24, 2.45) is 0 Å². The fourth-order valence-corrected chi connectivity index (χ4v) is 3.72. The van der Waals surface area contributed by atoms with E-state index in [2.05, 4.69) is 10.2 Å². The van der Waals surface area contributed by atoms with Gasteiger partial charge in [-0.25, -0.2) is 4.39 Å². The summed E-state index contributed by atoms with van der Waals surface area (Å²) in [7, 11) is 1.60. The summed E-state index contributed by atoms with van der Waals surface area (Å²) in [5.41, 5.74) is 3.72. The van der Waals surface area contributed by atoms with Crippen LogP contribution in [-0.4, -0.2) is 25.7 Å². The van der Waals surface area contributed by atoms with Crippen LogP contribution in [0.1, 0.15) is 17.5 Å². The topological polar surface area (TPSA) is 50.8 Å². The van der Waals surface area contributed by atoms with E-state index in [4.69, 9.17) is 9.47 Å². The Morgan fingerprint density at radius 3 is 2.58 bits per heavy atom. The van der Waals surface area contributed by atoms with Crippen molar-refractivity contribution in [3.8, 4) is 11.5 Å². The number of fused-ring (bicyclic) bond motifs is 1. The largest absolute Gasteiger partial charge is 0.497 e. The third-order valence-electron chi connectivity index (χ3n) is 5.36. The highest BCUT2D eigenvalue weighted by Gasteiger charge is 2.29. The van der Waals surface area contributed by atoms with Crippen LogP contribution >= 0.6 is 0 Å². The maximum atomic E-state index is 13.4. The van der Waals surface area contributed by atoms with E-state index in [1.165, 1.54) is 12.1 Å². The molecule has 4 rings (SSSR count). The number of anilines is 2. The van der Waals surface area contributed by atoms with Gasteiger partial charge in [-0.15, -0.1) is 0 Å². The monoisotopic (exact) mass is 420 g/mol. The van der Waals surface area contributed by atoms with Gasteiger partial charge in [0.25, 0.3) is 0 Å². The number of amides is 1. The van der Waals surface area contributed by atoms with Gasteiger partial charge in [-0.05, 0) is 66.6 Å². The molecule has 0 spiro atoms. The Balaban J connectivity index is 1.53. The van der Waals surface area contributed by atoms with Crippen molar-refractivity contribution >= 4 is 17.3 Å². The summed E-state index contributed by atoms with van der Waals surface area (Å²) in [5.74, 6) is 1.17. The van der Waals surface area contributed by atoms with Crippen LogP contribution in [0.4, 0.5) is 15.8 Å². The lowest BCUT2D eigenvalue weighted by molar-refractivity contribution is -0.116. The van der Waals surface area contributed by atoms with Gasteiger partial charge in [-0.3, -0.25) is 4.79 Å². The van der Waals surface area contributed by atoms with Gasteiger partial charge in [0.1, 0.15) is 23.9 Å². The van der Waals surface area contributed by atoms with Crippen molar-refractivity contribution in [2.75, 3.05) is 23.9 Å². The van der Waals surface area contributed by atoms with Crippen molar-refractivity contribution in [1.29, 1.82) is 0 Å². The molecule has 1 aliphatic heterocycles. The maximum Gasteiger partial charge on any atom is 0.226 e. The van der Waals surface area contributed by atoms with Gasteiger partial charge < -0.3 is 19.7 Å². The number of ether oxygens (including phenoxy) is 2. The number of methoxy groups -OCH3 is 1. The number of benzene rings is 3. The Morgan fingerprint density at radius 1 is 1.13 bits per heavy atom. The molecule has 5 nitrogen and oxygen atoms in total. The molecule has 3 aromatic rings. The molecule has 0 bridgehead atoms. The molecule has 0 saturated heterocycles. The first-order chi connectivity index (χ1) is 15.0. The highest BCUT2D eigenvalue weighted by atomic mass is 19.1. The van der Waals surface area contributed by atoms with Gasteiger partial charge in [-0.2, -0.15) is 0 Å². The Labute approximate surface area is 181 Å². The summed E-state index contributed by atoms with van der Waals surface area (Å²) in [6.45, 7) is 2.97. The average molecular weight is 420 g/mol. The van der Waals surface area contributed by atoms with Crippen molar-refractivity contribution < 1.29 is 18.7 Å².